The van der Waals surface area contributed by atoms with Crippen molar-refractivity contribution in [3.8, 4) is 0 Å². The average Bonchev–Trinajstić information content (AvgIpc) is 2.61. The zero-order valence-corrected chi connectivity index (χ0v) is 11.2. The molecule has 4 nitrogen and oxygen atoms in total. The number of thioether (sulfide) groups is 2. The van der Waals surface area contributed by atoms with Crippen LogP contribution in [0.3, 0.4) is 0 Å². The maximum Gasteiger partial charge on any atom is 0.316 e. The molecule has 0 radical (unpaired) electrons. The lowest BCUT2D eigenvalue weighted by Gasteiger charge is -2.05. The first-order valence-corrected chi connectivity index (χ1v) is 7.34. The predicted octanol–water partition coefficient (Wildman–Crippen LogP) is 2.30. The van der Waals surface area contributed by atoms with Crippen LogP contribution in [0.5, 0.6) is 0 Å². The zero-order chi connectivity index (χ0) is 11.3. The van der Waals surface area contributed by atoms with Crippen molar-refractivity contribution in [2.24, 2.45) is 0 Å². The largest absolute Gasteiger partial charge is 0.462 e. The standard InChI is InChI=1S/C8H12N2O2S3/c1-5(2)12-6(11)4-14-8-10-9-7(13-3)15-8/h5H,4H2,1-3H3. The third-order valence-corrected chi connectivity index (χ3v) is 4.25. The van der Waals surface area contributed by atoms with Gasteiger partial charge in [-0.25, -0.2) is 0 Å². The molecule has 1 heterocycles. The van der Waals surface area contributed by atoms with Crippen molar-refractivity contribution in [2.45, 2.75) is 28.6 Å². The second kappa shape index (κ2) is 6.34. The van der Waals surface area contributed by atoms with Crippen molar-refractivity contribution in [2.75, 3.05) is 12.0 Å². The van der Waals surface area contributed by atoms with E-state index in [0.29, 0.717) is 5.75 Å². The van der Waals surface area contributed by atoms with Crippen LogP contribution in [0.1, 0.15) is 13.8 Å². The van der Waals surface area contributed by atoms with Crippen LogP contribution in [0.4, 0.5) is 0 Å². The second-order valence-corrected chi connectivity index (χ2v) is 6.12. The number of carbonyl (C=O) groups excluding carboxylic acids is 1. The summed E-state index contributed by atoms with van der Waals surface area (Å²) in [6.07, 6.45) is 1.89. The van der Waals surface area contributed by atoms with Gasteiger partial charge < -0.3 is 4.74 Å². The molecule has 0 fully saturated rings. The third-order valence-electron chi connectivity index (χ3n) is 1.24. The molecule has 1 rings (SSSR count). The number of esters is 1. The Morgan fingerprint density at radius 3 is 2.67 bits per heavy atom. The highest BCUT2D eigenvalue weighted by Gasteiger charge is 2.09. The van der Waals surface area contributed by atoms with Crippen LogP contribution in [0.25, 0.3) is 0 Å². The summed E-state index contributed by atoms with van der Waals surface area (Å²) < 4.78 is 6.71. The number of carbonyl (C=O) groups is 1. The summed E-state index contributed by atoms with van der Waals surface area (Å²) in [4.78, 5) is 11.2. The fraction of sp³-hybridized carbons (Fsp3) is 0.625. The van der Waals surface area contributed by atoms with Gasteiger partial charge in [-0.15, -0.1) is 10.2 Å². The number of hydrogen-bond donors (Lipinski definition) is 0. The molecule has 84 valence electrons. The van der Waals surface area contributed by atoms with Gasteiger partial charge in [0.1, 0.15) is 0 Å². The van der Waals surface area contributed by atoms with Crippen LogP contribution in [0.2, 0.25) is 0 Å². The van der Waals surface area contributed by atoms with Crippen LogP contribution < -0.4 is 0 Å². The summed E-state index contributed by atoms with van der Waals surface area (Å²) in [5, 5.41) is 7.87. The van der Waals surface area contributed by atoms with Gasteiger partial charge >= 0.3 is 5.97 Å². The van der Waals surface area contributed by atoms with Crippen LogP contribution >= 0.6 is 34.9 Å². The Balaban J connectivity index is 2.33. The van der Waals surface area contributed by atoms with E-state index in [2.05, 4.69) is 10.2 Å². The minimum Gasteiger partial charge on any atom is -0.462 e. The summed E-state index contributed by atoms with van der Waals surface area (Å²) in [7, 11) is 0. The summed E-state index contributed by atoms with van der Waals surface area (Å²) in [5.41, 5.74) is 0. The molecule has 0 atom stereocenters. The van der Waals surface area contributed by atoms with Gasteiger partial charge in [0.2, 0.25) is 0 Å². The summed E-state index contributed by atoms with van der Waals surface area (Å²) in [6.45, 7) is 3.67. The Hall–Kier alpha value is -0.270. The van der Waals surface area contributed by atoms with E-state index in [1.54, 1.807) is 11.8 Å². The number of nitrogens with zero attached hydrogens (tertiary/aromatic N) is 2. The average molecular weight is 264 g/mol. The maximum atomic E-state index is 11.2. The van der Waals surface area contributed by atoms with E-state index in [1.165, 1.54) is 23.1 Å². The SMILES string of the molecule is CSc1nnc(SCC(=O)OC(C)C)s1. The Bertz CT molecular complexity index is 327. The van der Waals surface area contributed by atoms with E-state index in [4.69, 9.17) is 4.74 Å². The van der Waals surface area contributed by atoms with Gasteiger partial charge in [-0.2, -0.15) is 0 Å². The van der Waals surface area contributed by atoms with Crippen molar-refractivity contribution in [1.29, 1.82) is 0 Å². The molecule has 0 aliphatic heterocycles. The van der Waals surface area contributed by atoms with Gasteiger partial charge in [0.15, 0.2) is 8.68 Å². The van der Waals surface area contributed by atoms with Crippen molar-refractivity contribution in [3.05, 3.63) is 0 Å². The minimum absolute atomic E-state index is 0.0609. The molecule has 0 saturated carbocycles. The zero-order valence-electron chi connectivity index (χ0n) is 8.72. The van der Waals surface area contributed by atoms with Crippen molar-refractivity contribution >= 4 is 40.8 Å². The molecule has 0 bridgehead atoms. The van der Waals surface area contributed by atoms with Crippen LogP contribution in [0.15, 0.2) is 8.68 Å². The molecule has 1 aromatic rings. The van der Waals surface area contributed by atoms with Gasteiger partial charge in [0.25, 0.3) is 0 Å². The monoisotopic (exact) mass is 264 g/mol. The first kappa shape index (κ1) is 12.8. The first-order valence-electron chi connectivity index (χ1n) is 4.31. The number of hydrogen-bond acceptors (Lipinski definition) is 7. The minimum atomic E-state index is -0.212. The highest BCUT2D eigenvalue weighted by Crippen LogP contribution is 2.27. The van der Waals surface area contributed by atoms with Crippen LogP contribution in [0, 0.1) is 0 Å². The lowest BCUT2D eigenvalue weighted by Crippen LogP contribution is -2.13. The number of rotatable bonds is 5. The molecular weight excluding hydrogens is 252 g/mol. The predicted molar refractivity (Wildman–Crippen MR) is 63.6 cm³/mol. The quantitative estimate of drug-likeness (QED) is 0.601. The Kier molecular flexibility index (Phi) is 5.41. The van der Waals surface area contributed by atoms with Gasteiger partial charge in [0.05, 0.1) is 11.9 Å². The fourth-order valence-electron chi connectivity index (χ4n) is 0.756. The van der Waals surface area contributed by atoms with E-state index in [-0.39, 0.29) is 12.1 Å². The van der Waals surface area contributed by atoms with Gasteiger partial charge in [-0.05, 0) is 20.1 Å². The van der Waals surface area contributed by atoms with Gasteiger partial charge in [-0.3, -0.25) is 4.79 Å². The smallest absolute Gasteiger partial charge is 0.316 e. The summed E-state index contributed by atoms with van der Waals surface area (Å²) >= 11 is 4.40. The lowest BCUT2D eigenvalue weighted by atomic mass is 10.5. The molecule has 7 heteroatoms. The highest BCUT2D eigenvalue weighted by atomic mass is 32.2. The van der Waals surface area contributed by atoms with E-state index in [1.807, 2.05) is 20.1 Å². The third kappa shape index (κ3) is 4.85. The Morgan fingerprint density at radius 1 is 1.47 bits per heavy atom. The number of ether oxygens (including phenoxy) is 1. The summed E-state index contributed by atoms with van der Waals surface area (Å²) in [5.74, 6) is 0.0807. The molecular formula is C8H12N2O2S3. The Morgan fingerprint density at radius 2 is 2.13 bits per heavy atom. The Labute approximate surface area is 101 Å². The molecule has 0 saturated heterocycles. The van der Waals surface area contributed by atoms with Crippen molar-refractivity contribution in [3.63, 3.8) is 0 Å². The van der Waals surface area contributed by atoms with Crippen LogP contribution in [-0.4, -0.2) is 34.3 Å². The topological polar surface area (TPSA) is 52.1 Å². The van der Waals surface area contributed by atoms with E-state index >= 15 is 0 Å². The normalized spacial score (nSPS) is 10.7. The van der Waals surface area contributed by atoms with Crippen molar-refractivity contribution < 1.29 is 9.53 Å². The molecule has 0 aromatic carbocycles. The molecule has 0 N–H and O–H groups in total. The molecule has 0 aliphatic carbocycles. The van der Waals surface area contributed by atoms with Gasteiger partial charge in [0, 0.05) is 0 Å². The van der Waals surface area contributed by atoms with E-state index < -0.39 is 0 Å². The highest BCUT2D eigenvalue weighted by molar-refractivity contribution is 8.03. The van der Waals surface area contributed by atoms with E-state index in [9.17, 15) is 4.79 Å². The van der Waals surface area contributed by atoms with Crippen molar-refractivity contribution in [1.82, 2.24) is 10.2 Å². The second-order valence-electron chi connectivity index (χ2n) is 2.87. The molecule has 15 heavy (non-hydrogen) atoms. The summed E-state index contributed by atoms with van der Waals surface area (Å²) in [6, 6.07) is 0. The number of aromatic nitrogens is 2. The molecule has 0 spiro atoms. The van der Waals surface area contributed by atoms with Crippen LogP contribution in [-0.2, 0) is 9.53 Å². The maximum absolute atomic E-state index is 11.2. The fourth-order valence-corrected chi connectivity index (χ4v) is 2.98. The molecule has 0 aliphatic rings. The molecule has 1 aromatic heterocycles. The van der Waals surface area contributed by atoms with Gasteiger partial charge in [-0.1, -0.05) is 34.9 Å². The lowest BCUT2D eigenvalue weighted by molar-refractivity contribution is -0.144. The van der Waals surface area contributed by atoms with E-state index in [0.717, 1.165) is 8.68 Å². The first-order chi connectivity index (χ1) is 7.11. The molecule has 0 amide bonds. The molecule has 0 unspecified atom stereocenters.